The highest BCUT2D eigenvalue weighted by atomic mass is 15.1. The Morgan fingerprint density at radius 2 is 1.92 bits per heavy atom. The lowest BCUT2D eigenvalue weighted by molar-refractivity contribution is 0.194. The fourth-order valence-corrected chi connectivity index (χ4v) is 1.61. The smallest absolute Gasteiger partial charge is 0.0633 e. The number of rotatable bonds is 1. The van der Waals surface area contributed by atoms with E-state index in [1.54, 1.807) is 0 Å². The maximum atomic E-state index is 5.93. The molecule has 3 N–H and O–H groups in total. The van der Waals surface area contributed by atoms with Crippen LogP contribution in [0, 0.1) is 11.8 Å². The normalized spacial score (nSPS) is 33.9. The van der Waals surface area contributed by atoms with Gasteiger partial charge in [-0.05, 0) is 38.1 Å². The van der Waals surface area contributed by atoms with Gasteiger partial charge >= 0.3 is 0 Å². The van der Waals surface area contributed by atoms with Gasteiger partial charge in [-0.15, -0.1) is 0 Å². The van der Waals surface area contributed by atoms with Crippen LogP contribution in [0.25, 0.3) is 0 Å². The topological polar surface area (TPSA) is 38.0 Å². The molecule has 0 spiro atoms. The summed E-state index contributed by atoms with van der Waals surface area (Å²) in [4.78, 5) is 0. The van der Waals surface area contributed by atoms with Crippen molar-refractivity contribution in [2.75, 3.05) is 6.54 Å². The zero-order valence-corrected chi connectivity index (χ0v) is 9.85. The van der Waals surface area contributed by atoms with Crippen molar-refractivity contribution in [3.05, 3.63) is 0 Å². The summed E-state index contributed by atoms with van der Waals surface area (Å²) >= 11 is 0. The Morgan fingerprint density at radius 1 is 1.38 bits per heavy atom. The zero-order valence-electron chi connectivity index (χ0n) is 9.85. The maximum absolute atomic E-state index is 5.93. The van der Waals surface area contributed by atoms with Gasteiger partial charge in [-0.1, -0.05) is 27.7 Å². The number of nitrogens with two attached hydrogens (primary N) is 1. The molecule has 0 bridgehead atoms. The average molecular weight is 186 g/mol. The van der Waals surface area contributed by atoms with Gasteiger partial charge in [0.2, 0.25) is 0 Å². The second kappa shape index (κ2) is 5.61. The zero-order chi connectivity index (χ0) is 10.5. The average Bonchev–Trinajstić information content (AvgIpc) is 2.07. The Labute approximate surface area is 83.3 Å². The lowest BCUT2D eigenvalue weighted by atomic mass is 9.85. The van der Waals surface area contributed by atoms with Gasteiger partial charge in [-0.2, -0.15) is 0 Å². The first-order valence-electron chi connectivity index (χ1n) is 5.55. The molecule has 2 heteroatoms. The van der Waals surface area contributed by atoms with Crippen LogP contribution >= 0.6 is 0 Å². The predicted octanol–water partition coefficient (Wildman–Crippen LogP) is 2.34. The van der Waals surface area contributed by atoms with Crippen molar-refractivity contribution in [3.8, 4) is 0 Å². The van der Waals surface area contributed by atoms with Crippen LogP contribution in [0.1, 0.15) is 47.5 Å². The van der Waals surface area contributed by atoms with E-state index in [9.17, 15) is 0 Å². The second-order valence-electron chi connectivity index (χ2n) is 4.34. The summed E-state index contributed by atoms with van der Waals surface area (Å²) < 4.78 is 0. The van der Waals surface area contributed by atoms with E-state index < -0.39 is 0 Å². The molecule has 0 saturated carbocycles. The fraction of sp³-hybridized carbons (Fsp3) is 1.00. The second-order valence-corrected chi connectivity index (χ2v) is 4.34. The molecule has 0 aromatic rings. The highest BCUT2D eigenvalue weighted by Gasteiger charge is 2.27. The molecule has 2 atom stereocenters. The van der Waals surface area contributed by atoms with Crippen LogP contribution in [0.4, 0.5) is 0 Å². The molecule has 0 aromatic carbocycles. The van der Waals surface area contributed by atoms with E-state index in [1.807, 2.05) is 13.8 Å². The van der Waals surface area contributed by atoms with Crippen molar-refractivity contribution in [1.29, 1.82) is 0 Å². The van der Waals surface area contributed by atoms with E-state index in [1.165, 1.54) is 6.42 Å². The Morgan fingerprint density at radius 3 is 2.23 bits per heavy atom. The summed E-state index contributed by atoms with van der Waals surface area (Å²) in [6.45, 7) is 11.7. The maximum Gasteiger partial charge on any atom is 0.0633 e. The summed E-state index contributed by atoms with van der Waals surface area (Å²) in [6, 6.07) is 0. The van der Waals surface area contributed by atoms with E-state index in [-0.39, 0.29) is 5.66 Å². The number of piperidine rings is 1. The minimum absolute atomic E-state index is 0.106. The van der Waals surface area contributed by atoms with E-state index in [2.05, 4.69) is 26.1 Å². The lowest BCUT2D eigenvalue weighted by Gasteiger charge is -2.37. The number of hydrogen-bond donors (Lipinski definition) is 2. The molecule has 0 aliphatic carbocycles. The van der Waals surface area contributed by atoms with Crippen molar-refractivity contribution in [2.45, 2.75) is 53.1 Å². The third-order valence-electron chi connectivity index (χ3n) is 2.75. The van der Waals surface area contributed by atoms with Crippen LogP contribution in [0.2, 0.25) is 0 Å². The molecule has 0 amide bonds. The molecule has 1 aliphatic rings. The molecule has 13 heavy (non-hydrogen) atoms. The molecule has 2 unspecified atom stereocenters. The SMILES string of the molecule is CC.CC(C)C1CCC(C)(N)NC1. The Hall–Kier alpha value is -0.0800. The lowest BCUT2D eigenvalue weighted by Crippen LogP contribution is -2.56. The van der Waals surface area contributed by atoms with Gasteiger partial charge in [-0.3, -0.25) is 5.32 Å². The monoisotopic (exact) mass is 186 g/mol. The van der Waals surface area contributed by atoms with Crippen molar-refractivity contribution >= 4 is 0 Å². The van der Waals surface area contributed by atoms with Crippen LogP contribution in [0.5, 0.6) is 0 Å². The Balaban J connectivity index is 0.000000671. The number of nitrogens with one attached hydrogen (secondary N) is 1. The van der Waals surface area contributed by atoms with Gasteiger partial charge in [0.1, 0.15) is 0 Å². The minimum atomic E-state index is -0.106. The molecular weight excluding hydrogens is 160 g/mol. The first-order valence-corrected chi connectivity index (χ1v) is 5.55. The molecule has 1 heterocycles. The largest absolute Gasteiger partial charge is 0.314 e. The van der Waals surface area contributed by atoms with Crippen molar-refractivity contribution in [2.24, 2.45) is 17.6 Å². The summed E-state index contributed by atoms with van der Waals surface area (Å²) in [5.74, 6) is 1.62. The molecular formula is C11H26N2. The molecule has 80 valence electrons. The van der Waals surface area contributed by atoms with Gasteiger partial charge in [0, 0.05) is 0 Å². The van der Waals surface area contributed by atoms with Crippen LogP contribution in [-0.2, 0) is 0 Å². The van der Waals surface area contributed by atoms with Crippen molar-refractivity contribution < 1.29 is 0 Å². The van der Waals surface area contributed by atoms with Crippen LogP contribution < -0.4 is 11.1 Å². The predicted molar refractivity (Wildman–Crippen MR) is 59.5 cm³/mol. The molecule has 2 nitrogen and oxygen atoms in total. The molecule has 1 rings (SSSR count). The Kier molecular flexibility index (Phi) is 5.57. The summed E-state index contributed by atoms with van der Waals surface area (Å²) in [6.07, 6.45) is 2.38. The van der Waals surface area contributed by atoms with E-state index >= 15 is 0 Å². The Bertz CT molecular complexity index is 120. The van der Waals surface area contributed by atoms with Crippen molar-refractivity contribution in [1.82, 2.24) is 5.32 Å². The third kappa shape index (κ3) is 4.63. The van der Waals surface area contributed by atoms with Gasteiger partial charge in [-0.25, -0.2) is 0 Å². The van der Waals surface area contributed by atoms with Crippen LogP contribution in [0.15, 0.2) is 0 Å². The minimum Gasteiger partial charge on any atom is -0.314 e. The quantitative estimate of drug-likeness (QED) is 0.659. The highest BCUT2D eigenvalue weighted by Crippen LogP contribution is 2.23. The van der Waals surface area contributed by atoms with Gasteiger partial charge in [0.25, 0.3) is 0 Å². The first kappa shape index (κ1) is 12.9. The molecule has 1 aliphatic heterocycles. The van der Waals surface area contributed by atoms with Crippen molar-refractivity contribution in [3.63, 3.8) is 0 Å². The number of hydrogen-bond acceptors (Lipinski definition) is 2. The molecule has 1 fully saturated rings. The molecule has 0 radical (unpaired) electrons. The fourth-order valence-electron chi connectivity index (χ4n) is 1.61. The summed E-state index contributed by atoms with van der Waals surface area (Å²) in [5, 5.41) is 3.37. The van der Waals surface area contributed by atoms with E-state index in [0.717, 1.165) is 24.8 Å². The van der Waals surface area contributed by atoms with E-state index in [0.29, 0.717) is 0 Å². The van der Waals surface area contributed by atoms with Gasteiger partial charge < -0.3 is 5.73 Å². The summed E-state index contributed by atoms with van der Waals surface area (Å²) in [7, 11) is 0. The molecule has 1 saturated heterocycles. The first-order chi connectivity index (χ1) is 6.01. The van der Waals surface area contributed by atoms with Crippen LogP contribution in [-0.4, -0.2) is 12.2 Å². The van der Waals surface area contributed by atoms with E-state index in [4.69, 9.17) is 5.73 Å². The summed E-state index contributed by atoms with van der Waals surface area (Å²) in [5.41, 5.74) is 5.82. The molecule has 0 aromatic heterocycles. The highest BCUT2D eigenvalue weighted by molar-refractivity contribution is 4.84. The van der Waals surface area contributed by atoms with Crippen LogP contribution in [0.3, 0.4) is 0 Å². The van der Waals surface area contributed by atoms with Gasteiger partial charge in [0.15, 0.2) is 0 Å². The third-order valence-corrected chi connectivity index (χ3v) is 2.75. The van der Waals surface area contributed by atoms with Gasteiger partial charge in [0.05, 0.1) is 5.66 Å². The standard InChI is InChI=1S/C9H20N2.C2H6/c1-7(2)8-4-5-9(3,10)11-6-8;1-2/h7-8,11H,4-6,10H2,1-3H3;1-2H3.